The summed E-state index contributed by atoms with van der Waals surface area (Å²) in [6.45, 7) is 3.44. The zero-order valence-corrected chi connectivity index (χ0v) is 17.4. The molecular weight excluding hydrogens is 384 g/mol. The first-order valence-corrected chi connectivity index (χ1v) is 9.51. The average Bonchev–Trinajstić information content (AvgIpc) is 2.74. The van der Waals surface area contributed by atoms with E-state index >= 15 is 0 Å². The molecule has 1 heterocycles. The van der Waals surface area contributed by atoms with Crippen molar-refractivity contribution in [2.45, 2.75) is 20.0 Å². The van der Waals surface area contributed by atoms with Crippen molar-refractivity contribution in [2.75, 3.05) is 20.7 Å². The molecule has 3 rings (SSSR count). The second-order valence-corrected chi connectivity index (χ2v) is 7.08. The van der Waals surface area contributed by atoms with Gasteiger partial charge in [0.1, 0.15) is 12.3 Å². The number of rotatable bonds is 6. The number of ether oxygens (including phenoxy) is 2. The Bertz CT molecular complexity index is 1150. The molecule has 7 heteroatoms. The number of aromatic nitrogens is 1. The number of aryl methyl sites for hydroxylation is 1. The Balaban J connectivity index is 1.90. The van der Waals surface area contributed by atoms with Crippen molar-refractivity contribution in [2.24, 2.45) is 0 Å². The second-order valence-electron chi connectivity index (χ2n) is 7.08. The maximum Gasteiger partial charge on any atom is 0.325 e. The minimum absolute atomic E-state index is 0.166. The summed E-state index contributed by atoms with van der Waals surface area (Å²) >= 11 is 0. The standard InChI is InChI=1S/C23H24N2O5/c1-14-7-5-6-8-17(14)20-12-24-22(27)19-11-16(9-10-18(19)20)30-15(2)23(28)25(3)13-21(26)29-4/h5-12,15H,13H2,1-4H3,(H,24,27)/t15-/m0/s1. The van der Waals surface area contributed by atoms with Gasteiger partial charge in [0.25, 0.3) is 11.5 Å². The third-order valence-electron chi connectivity index (χ3n) is 4.94. The molecule has 0 saturated carbocycles. The van der Waals surface area contributed by atoms with E-state index in [0.29, 0.717) is 11.1 Å². The number of carbonyl (C=O) groups excluding carboxylic acids is 2. The number of likely N-dealkylation sites (N-methyl/N-ethyl adjacent to an activating group) is 1. The maximum absolute atomic E-state index is 12.4. The van der Waals surface area contributed by atoms with Crippen LogP contribution < -0.4 is 10.3 Å². The van der Waals surface area contributed by atoms with E-state index in [2.05, 4.69) is 9.72 Å². The molecule has 0 aliphatic carbocycles. The molecule has 30 heavy (non-hydrogen) atoms. The molecule has 1 amide bonds. The lowest BCUT2D eigenvalue weighted by atomic mass is 9.97. The largest absolute Gasteiger partial charge is 0.481 e. The third-order valence-corrected chi connectivity index (χ3v) is 4.94. The minimum atomic E-state index is -0.837. The highest BCUT2D eigenvalue weighted by Gasteiger charge is 2.21. The van der Waals surface area contributed by atoms with Gasteiger partial charge in [-0.2, -0.15) is 0 Å². The van der Waals surface area contributed by atoms with Crippen molar-refractivity contribution in [3.05, 3.63) is 64.6 Å². The van der Waals surface area contributed by atoms with Crippen molar-refractivity contribution < 1.29 is 19.1 Å². The van der Waals surface area contributed by atoms with Crippen molar-refractivity contribution in [3.8, 4) is 16.9 Å². The van der Waals surface area contributed by atoms with E-state index in [1.165, 1.54) is 19.1 Å². The number of benzene rings is 2. The molecule has 2 aromatic carbocycles. The number of nitrogens with one attached hydrogen (secondary N) is 1. The number of hydrogen-bond acceptors (Lipinski definition) is 5. The summed E-state index contributed by atoms with van der Waals surface area (Å²) in [5.74, 6) is -0.496. The van der Waals surface area contributed by atoms with Gasteiger partial charge in [-0.3, -0.25) is 14.4 Å². The summed E-state index contributed by atoms with van der Waals surface area (Å²) in [5, 5.41) is 1.26. The second kappa shape index (κ2) is 8.82. The lowest BCUT2D eigenvalue weighted by molar-refractivity contribution is -0.148. The number of amides is 1. The number of H-pyrrole nitrogens is 1. The Kier molecular flexibility index (Phi) is 6.20. The van der Waals surface area contributed by atoms with Crippen LogP contribution in [0, 0.1) is 6.92 Å². The SMILES string of the molecule is COC(=O)CN(C)C(=O)[C@H](C)Oc1ccc2c(-c3ccccc3C)c[nH]c(=O)c2c1. The van der Waals surface area contributed by atoms with Crippen LogP contribution in [0.25, 0.3) is 21.9 Å². The van der Waals surface area contributed by atoms with Gasteiger partial charge in [-0.05, 0) is 48.6 Å². The van der Waals surface area contributed by atoms with Gasteiger partial charge in [-0.15, -0.1) is 0 Å². The summed E-state index contributed by atoms with van der Waals surface area (Å²) < 4.78 is 10.3. The fraction of sp³-hybridized carbons (Fsp3) is 0.261. The van der Waals surface area contributed by atoms with Gasteiger partial charge in [0, 0.05) is 18.8 Å². The van der Waals surface area contributed by atoms with Crippen LogP contribution >= 0.6 is 0 Å². The Labute approximate surface area is 174 Å². The zero-order chi connectivity index (χ0) is 21.8. The molecule has 0 aliphatic rings. The number of fused-ring (bicyclic) bond motifs is 1. The first-order chi connectivity index (χ1) is 14.3. The lowest BCUT2D eigenvalue weighted by Crippen LogP contribution is -2.40. The van der Waals surface area contributed by atoms with Crippen molar-refractivity contribution in [1.29, 1.82) is 0 Å². The molecule has 0 unspecified atom stereocenters. The first kappa shape index (κ1) is 21.1. The Morgan fingerprint density at radius 3 is 2.53 bits per heavy atom. The van der Waals surface area contributed by atoms with Crippen molar-refractivity contribution in [1.82, 2.24) is 9.88 Å². The van der Waals surface area contributed by atoms with E-state index in [1.807, 2.05) is 37.3 Å². The molecule has 0 saturated heterocycles. The summed E-state index contributed by atoms with van der Waals surface area (Å²) in [5.41, 5.74) is 2.80. The van der Waals surface area contributed by atoms with Crippen molar-refractivity contribution >= 4 is 22.6 Å². The molecule has 0 aliphatic heterocycles. The van der Waals surface area contributed by atoms with Gasteiger partial charge < -0.3 is 19.4 Å². The van der Waals surface area contributed by atoms with E-state index in [9.17, 15) is 14.4 Å². The number of pyridine rings is 1. The highest BCUT2D eigenvalue weighted by atomic mass is 16.5. The molecule has 1 atom stereocenters. The number of nitrogens with zero attached hydrogens (tertiary/aromatic N) is 1. The summed E-state index contributed by atoms with van der Waals surface area (Å²) in [6.07, 6.45) is 0.872. The minimum Gasteiger partial charge on any atom is -0.481 e. The van der Waals surface area contributed by atoms with Gasteiger partial charge in [-0.25, -0.2) is 0 Å². The quantitative estimate of drug-likeness (QED) is 0.634. The van der Waals surface area contributed by atoms with Crippen LogP contribution in [0.2, 0.25) is 0 Å². The Morgan fingerprint density at radius 1 is 1.10 bits per heavy atom. The first-order valence-electron chi connectivity index (χ1n) is 9.51. The van der Waals surface area contributed by atoms with E-state index < -0.39 is 12.1 Å². The maximum atomic E-state index is 12.4. The monoisotopic (exact) mass is 408 g/mol. The molecule has 7 nitrogen and oxygen atoms in total. The number of aromatic amines is 1. The van der Waals surface area contributed by atoms with Gasteiger partial charge in [0.05, 0.1) is 12.5 Å². The fourth-order valence-corrected chi connectivity index (χ4v) is 3.31. The number of esters is 1. The highest BCUT2D eigenvalue weighted by Crippen LogP contribution is 2.30. The van der Waals surface area contributed by atoms with Gasteiger partial charge in [0.2, 0.25) is 0 Å². The zero-order valence-electron chi connectivity index (χ0n) is 17.4. The smallest absolute Gasteiger partial charge is 0.325 e. The predicted molar refractivity (Wildman–Crippen MR) is 114 cm³/mol. The van der Waals surface area contributed by atoms with Gasteiger partial charge in [0.15, 0.2) is 6.10 Å². The van der Waals surface area contributed by atoms with E-state index in [0.717, 1.165) is 22.1 Å². The molecule has 0 fully saturated rings. The van der Waals surface area contributed by atoms with Crippen LogP contribution in [0.4, 0.5) is 0 Å². The number of methoxy groups -OCH3 is 1. The Morgan fingerprint density at radius 2 is 1.83 bits per heavy atom. The van der Waals surface area contributed by atoms with Gasteiger partial charge in [-0.1, -0.05) is 24.3 Å². The Hall–Kier alpha value is -3.61. The fourth-order valence-electron chi connectivity index (χ4n) is 3.31. The summed E-state index contributed by atoms with van der Waals surface area (Å²) in [4.78, 5) is 40.3. The topological polar surface area (TPSA) is 88.7 Å². The molecule has 3 aromatic rings. The number of carbonyl (C=O) groups is 2. The summed E-state index contributed by atoms with van der Waals surface area (Å²) in [7, 11) is 2.76. The van der Waals surface area contributed by atoms with Crippen LogP contribution in [0.15, 0.2) is 53.5 Å². The van der Waals surface area contributed by atoms with Crippen LogP contribution in [0.3, 0.4) is 0 Å². The molecule has 156 valence electrons. The third kappa shape index (κ3) is 4.35. The molecule has 0 bridgehead atoms. The summed E-state index contributed by atoms with van der Waals surface area (Å²) in [6, 6.07) is 13.1. The molecular formula is C23H24N2O5. The average molecular weight is 408 g/mol. The lowest BCUT2D eigenvalue weighted by Gasteiger charge is -2.21. The van der Waals surface area contributed by atoms with Crippen molar-refractivity contribution in [3.63, 3.8) is 0 Å². The van der Waals surface area contributed by atoms with Crippen LogP contribution in [0.1, 0.15) is 12.5 Å². The van der Waals surface area contributed by atoms with E-state index in [4.69, 9.17) is 4.74 Å². The van der Waals surface area contributed by atoms with Crippen LogP contribution in [0.5, 0.6) is 5.75 Å². The van der Waals surface area contributed by atoms with E-state index in [1.54, 1.807) is 25.3 Å². The molecule has 1 N–H and O–H groups in total. The van der Waals surface area contributed by atoms with Crippen LogP contribution in [-0.2, 0) is 14.3 Å². The normalized spacial score (nSPS) is 11.7. The molecule has 1 aromatic heterocycles. The van der Waals surface area contributed by atoms with E-state index in [-0.39, 0.29) is 18.0 Å². The number of hydrogen-bond donors (Lipinski definition) is 1. The highest BCUT2D eigenvalue weighted by molar-refractivity contribution is 5.97. The van der Waals surface area contributed by atoms with Crippen LogP contribution in [-0.4, -0.2) is 48.6 Å². The molecule has 0 spiro atoms. The van der Waals surface area contributed by atoms with Gasteiger partial charge >= 0.3 is 5.97 Å². The predicted octanol–water partition coefficient (Wildman–Crippen LogP) is 2.90. The molecule has 0 radical (unpaired) electrons.